The summed E-state index contributed by atoms with van der Waals surface area (Å²) in [6.07, 6.45) is 1.80. The first-order chi connectivity index (χ1) is 11.3. The number of hydrogen-bond acceptors (Lipinski definition) is 3. The van der Waals surface area contributed by atoms with Gasteiger partial charge in [0.2, 0.25) is 0 Å². The molecule has 0 spiro atoms. The van der Waals surface area contributed by atoms with E-state index in [0.29, 0.717) is 12.2 Å². The van der Waals surface area contributed by atoms with Crippen molar-refractivity contribution in [2.45, 2.75) is 31.9 Å². The van der Waals surface area contributed by atoms with Crippen molar-refractivity contribution in [1.29, 1.82) is 0 Å². The van der Waals surface area contributed by atoms with Crippen LogP contribution in [0.3, 0.4) is 0 Å². The predicted molar refractivity (Wildman–Crippen MR) is 84.2 cm³/mol. The summed E-state index contributed by atoms with van der Waals surface area (Å²) in [6.45, 7) is 3.14. The molecule has 0 unspecified atom stereocenters. The number of nitrogens with one attached hydrogen (secondary N) is 2. The van der Waals surface area contributed by atoms with E-state index in [1.54, 1.807) is 19.1 Å². The van der Waals surface area contributed by atoms with E-state index < -0.39 is 29.3 Å². The van der Waals surface area contributed by atoms with E-state index in [1.807, 2.05) is 0 Å². The molecule has 2 rings (SSSR count). The van der Waals surface area contributed by atoms with Gasteiger partial charge >= 0.3 is 6.03 Å². The summed E-state index contributed by atoms with van der Waals surface area (Å²) in [6, 6.07) is 5.04. The van der Waals surface area contributed by atoms with Gasteiger partial charge in [0.15, 0.2) is 0 Å². The summed E-state index contributed by atoms with van der Waals surface area (Å²) in [5.74, 6) is -0.857. The molecule has 24 heavy (non-hydrogen) atoms. The summed E-state index contributed by atoms with van der Waals surface area (Å²) >= 11 is 0. The maximum atomic E-state index is 13.8. The van der Waals surface area contributed by atoms with Crippen LogP contribution in [0.1, 0.15) is 37.6 Å². The van der Waals surface area contributed by atoms with Crippen molar-refractivity contribution in [3.05, 3.63) is 59.6 Å². The van der Waals surface area contributed by atoms with Crippen LogP contribution in [0.5, 0.6) is 0 Å². The van der Waals surface area contributed by atoms with E-state index in [-0.39, 0.29) is 12.1 Å². The molecular weight excluding hydrogens is 318 g/mol. The van der Waals surface area contributed by atoms with Gasteiger partial charge in [-0.15, -0.1) is 0 Å². The molecule has 0 radical (unpaired) electrons. The zero-order chi connectivity index (χ0) is 17.7. The molecule has 7 heteroatoms. The van der Waals surface area contributed by atoms with Gasteiger partial charge < -0.3 is 20.2 Å². The minimum atomic E-state index is -1.38. The highest BCUT2D eigenvalue weighted by molar-refractivity contribution is 5.74. The van der Waals surface area contributed by atoms with E-state index in [0.717, 1.165) is 18.2 Å². The molecular formula is C17H20F2N2O3. The summed E-state index contributed by atoms with van der Waals surface area (Å²) in [5.41, 5.74) is -1.31. The quantitative estimate of drug-likeness (QED) is 0.757. The van der Waals surface area contributed by atoms with Crippen LogP contribution in [0.2, 0.25) is 0 Å². The second kappa shape index (κ2) is 7.44. The van der Waals surface area contributed by atoms with Crippen molar-refractivity contribution in [3.8, 4) is 0 Å². The number of furan rings is 1. The minimum absolute atomic E-state index is 0.0745. The lowest BCUT2D eigenvalue weighted by molar-refractivity contribution is 0.0366. The lowest BCUT2D eigenvalue weighted by Gasteiger charge is -2.23. The van der Waals surface area contributed by atoms with Crippen molar-refractivity contribution in [2.75, 3.05) is 6.54 Å². The number of urea groups is 1. The number of benzene rings is 1. The molecule has 0 fully saturated rings. The molecule has 3 N–H and O–H groups in total. The SMILES string of the molecule is CC[C@H](NC(=O)NC[C@@](C)(O)c1ccco1)c1cc(F)ccc1F. The normalized spacial score (nSPS) is 14.7. The van der Waals surface area contributed by atoms with Crippen LogP contribution in [0.25, 0.3) is 0 Å². The fourth-order valence-electron chi connectivity index (χ4n) is 2.32. The lowest BCUT2D eigenvalue weighted by atomic mass is 10.0. The number of hydrogen-bond donors (Lipinski definition) is 3. The molecule has 0 aliphatic heterocycles. The Labute approximate surface area is 138 Å². The first-order valence-corrected chi connectivity index (χ1v) is 7.59. The molecule has 1 heterocycles. The minimum Gasteiger partial charge on any atom is -0.466 e. The topological polar surface area (TPSA) is 74.5 Å². The fraction of sp³-hybridized carbons (Fsp3) is 0.353. The Morgan fingerprint density at radius 2 is 2.12 bits per heavy atom. The van der Waals surface area contributed by atoms with Gasteiger partial charge in [0, 0.05) is 5.56 Å². The van der Waals surface area contributed by atoms with E-state index in [1.165, 1.54) is 13.2 Å². The monoisotopic (exact) mass is 338 g/mol. The number of rotatable bonds is 6. The first-order valence-electron chi connectivity index (χ1n) is 7.59. The Morgan fingerprint density at radius 3 is 2.75 bits per heavy atom. The molecule has 2 amide bonds. The third kappa shape index (κ3) is 4.32. The van der Waals surface area contributed by atoms with Gasteiger partial charge in [-0.2, -0.15) is 0 Å². The molecule has 2 atom stereocenters. The smallest absolute Gasteiger partial charge is 0.315 e. The third-order valence-corrected chi connectivity index (χ3v) is 3.69. The van der Waals surface area contributed by atoms with Crippen LogP contribution < -0.4 is 10.6 Å². The van der Waals surface area contributed by atoms with Gasteiger partial charge in [0.05, 0.1) is 18.8 Å². The van der Waals surface area contributed by atoms with Crippen molar-refractivity contribution < 1.29 is 23.1 Å². The maximum Gasteiger partial charge on any atom is 0.315 e. The molecule has 130 valence electrons. The van der Waals surface area contributed by atoms with Crippen LogP contribution in [0, 0.1) is 11.6 Å². The van der Waals surface area contributed by atoms with Crippen LogP contribution in [0.4, 0.5) is 13.6 Å². The van der Waals surface area contributed by atoms with Gasteiger partial charge in [-0.25, -0.2) is 13.6 Å². The van der Waals surface area contributed by atoms with Crippen LogP contribution in [0.15, 0.2) is 41.0 Å². The Bertz CT molecular complexity index is 687. The molecule has 0 saturated carbocycles. The van der Waals surface area contributed by atoms with Crippen molar-refractivity contribution >= 4 is 6.03 Å². The second-order valence-electron chi connectivity index (χ2n) is 5.70. The standard InChI is InChI=1S/C17H20F2N2O3/c1-3-14(12-9-11(18)6-7-13(12)19)21-16(22)20-10-17(2,23)15-5-4-8-24-15/h4-9,14,23H,3,10H2,1-2H3,(H2,20,21,22)/t14-,17+/m0/s1. The maximum absolute atomic E-state index is 13.8. The Balaban J connectivity index is 1.98. The molecule has 0 saturated heterocycles. The zero-order valence-electron chi connectivity index (χ0n) is 13.5. The van der Waals surface area contributed by atoms with Gasteiger partial charge in [-0.3, -0.25) is 0 Å². The summed E-state index contributed by atoms with van der Waals surface area (Å²) in [7, 11) is 0. The first kappa shape index (κ1) is 17.9. The summed E-state index contributed by atoms with van der Waals surface area (Å²) < 4.78 is 32.2. The third-order valence-electron chi connectivity index (χ3n) is 3.69. The zero-order valence-corrected chi connectivity index (χ0v) is 13.5. The van der Waals surface area contributed by atoms with Crippen LogP contribution in [-0.2, 0) is 5.60 Å². The van der Waals surface area contributed by atoms with Crippen LogP contribution >= 0.6 is 0 Å². The predicted octanol–water partition coefficient (Wildman–Crippen LogP) is 3.22. The fourth-order valence-corrected chi connectivity index (χ4v) is 2.32. The summed E-state index contributed by atoms with van der Waals surface area (Å²) in [4.78, 5) is 12.0. The van der Waals surface area contributed by atoms with Crippen molar-refractivity contribution in [2.24, 2.45) is 0 Å². The van der Waals surface area contributed by atoms with Gasteiger partial charge in [0.1, 0.15) is 23.0 Å². The molecule has 2 aromatic rings. The van der Waals surface area contributed by atoms with E-state index in [2.05, 4.69) is 10.6 Å². The number of carbonyl (C=O) groups excluding carboxylic acids is 1. The molecule has 5 nitrogen and oxygen atoms in total. The average molecular weight is 338 g/mol. The van der Waals surface area contributed by atoms with Gasteiger partial charge in [0.25, 0.3) is 0 Å². The van der Waals surface area contributed by atoms with Crippen molar-refractivity contribution in [1.82, 2.24) is 10.6 Å². The largest absolute Gasteiger partial charge is 0.466 e. The molecule has 0 aliphatic rings. The van der Waals surface area contributed by atoms with Crippen molar-refractivity contribution in [3.63, 3.8) is 0 Å². The lowest BCUT2D eigenvalue weighted by Crippen LogP contribution is -2.44. The van der Waals surface area contributed by atoms with E-state index in [9.17, 15) is 18.7 Å². The highest BCUT2D eigenvalue weighted by atomic mass is 19.1. The molecule has 1 aromatic heterocycles. The Morgan fingerprint density at radius 1 is 1.38 bits per heavy atom. The van der Waals surface area contributed by atoms with Crippen LogP contribution in [-0.4, -0.2) is 17.7 Å². The number of halogens is 2. The second-order valence-corrected chi connectivity index (χ2v) is 5.70. The number of carbonyl (C=O) groups is 1. The number of amides is 2. The molecule has 1 aromatic carbocycles. The Hall–Kier alpha value is -2.41. The van der Waals surface area contributed by atoms with E-state index in [4.69, 9.17) is 4.42 Å². The molecule has 0 aliphatic carbocycles. The van der Waals surface area contributed by atoms with Gasteiger partial charge in [-0.1, -0.05) is 6.92 Å². The van der Waals surface area contributed by atoms with E-state index >= 15 is 0 Å². The summed E-state index contributed by atoms with van der Waals surface area (Å²) in [5, 5.41) is 15.3. The Kier molecular flexibility index (Phi) is 5.56. The van der Waals surface area contributed by atoms with Gasteiger partial charge in [-0.05, 0) is 43.7 Å². The molecule has 0 bridgehead atoms. The average Bonchev–Trinajstić information content (AvgIpc) is 3.08. The highest BCUT2D eigenvalue weighted by Crippen LogP contribution is 2.22. The number of aliphatic hydroxyl groups is 1. The highest BCUT2D eigenvalue weighted by Gasteiger charge is 2.27.